The average Bonchev–Trinajstić information content (AvgIpc) is 2.58. The van der Waals surface area contributed by atoms with Crippen LogP contribution in [0.3, 0.4) is 0 Å². The maximum Gasteiger partial charge on any atom is 0.478 e. The number of ether oxygens (including phenoxy) is 2. The van der Waals surface area contributed by atoms with Crippen molar-refractivity contribution in [1.82, 2.24) is 0 Å². The maximum atomic E-state index is 12.7. The summed E-state index contributed by atoms with van der Waals surface area (Å²) in [5, 5.41) is 0. The van der Waals surface area contributed by atoms with Gasteiger partial charge in [0.05, 0.1) is 0 Å². The van der Waals surface area contributed by atoms with Crippen molar-refractivity contribution in [2.45, 2.75) is 44.8 Å². The lowest BCUT2D eigenvalue weighted by atomic mass is 10.2. The van der Waals surface area contributed by atoms with Gasteiger partial charge >= 0.3 is 18.1 Å². The summed E-state index contributed by atoms with van der Waals surface area (Å²) in [5.74, 6) is -5.60. The van der Waals surface area contributed by atoms with Crippen LogP contribution in [0.4, 0.5) is 26.3 Å². The molecule has 0 fully saturated rings. The summed E-state index contributed by atoms with van der Waals surface area (Å²) in [6.07, 6.45) is -8.92. The molecule has 0 aromatic carbocycles. The summed E-state index contributed by atoms with van der Waals surface area (Å²) in [5.41, 5.74) is 0. The molecule has 0 aliphatic carbocycles. The Morgan fingerprint density at radius 2 is 1.58 bits per heavy atom. The first kappa shape index (κ1) is 15.7. The lowest BCUT2D eigenvalue weighted by Gasteiger charge is -2.31. The van der Waals surface area contributed by atoms with Crippen molar-refractivity contribution in [3.8, 4) is 0 Å². The van der Waals surface area contributed by atoms with Crippen molar-refractivity contribution >= 4 is 0 Å². The second-order valence-corrected chi connectivity index (χ2v) is 3.85. The molecule has 0 N–H and O–H groups in total. The van der Waals surface area contributed by atoms with E-state index in [4.69, 9.17) is 0 Å². The minimum absolute atomic E-state index is 0.0758. The standard InChI is InChI=1S/C11H12F6O2/c1-3-5-7-8(6-4-2)19-9(18-7,10(12,13)14)11(15,16)17/h3,5H,4,6H2,1-2H3/b5-3-. The number of hydrogen-bond donors (Lipinski definition) is 0. The van der Waals surface area contributed by atoms with Gasteiger partial charge in [-0.1, -0.05) is 13.0 Å². The van der Waals surface area contributed by atoms with E-state index in [0.717, 1.165) is 6.08 Å². The van der Waals surface area contributed by atoms with E-state index < -0.39 is 29.7 Å². The van der Waals surface area contributed by atoms with Crippen LogP contribution in [-0.2, 0) is 9.47 Å². The van der Waals surface area contributed by atoms with Gasteiger partial charge in [0.1, 0.15) is 5.76 Å². The van der Waals surface area contributed by atoms with Crippen molar-refractivity contribution in [3.63, 3.8) is 0 Å². The molecule has 1 rings (SSSR count). The smallest absolute Gasteiger partial charge is 0.439 e. The molecule has 0 saturated carbocycles. The highest BCUT2D eigenvalue weighted by Gasteiger charge is 2.79. The van der Waals surface area contributed by atoms with Gasteiger partial charge in [-0.3, -0.25) is 0 Å². The predicted octanol–water partition coefficient (Wildman–Crippen LogP) is 4.44. The molecular formula is C11H12F6O2. The summed E-state index contributed by atoms with van der Waals surface area (Å²) in [4.78, 5) is 0. The van der Waals surface area contributed by atoms with E-state index >= 15 is 0 Å². The molecule has 1 aliphatic heterocycles. The topological polar surface area (TPSA) is 18.5 Å². The highest BCUT2D eigenvalue weighted by molar-refractivity contribution is 5.22. The number of allylic oxidation sites excluding steroid dienone is 3. The van der Waals surface area contributed by atoms with Crippen LogP contribution in [-0.4, -0.2) is 18.1 Å². The SMILES string of the molecule is C/C=C\C1=C(CCC)OC(C(F)(F)F)(C(F)(F)F)O1. The Bertz CT molecular complexity index is 377. The van der Waals surface area contributed by atoms with Crippen molar-refractivity contribution in [2.75, 3.05) is 0 Å². The fourth-order valence-corrected chi connectivity index (χ4v) is 1.53. The molecule has 0 radical (unpaired) electrons. The average molecular weight is 290 g/mol. The largest absolute Gasteiger partial charge is 0.478 e. The Labute approximate surface area is 105 Å². The van der Waals surface area contributed by atoms with Gasteiger partial charge in [0.2, 0.25) is 0 Å². The molecule has 0 bridgehead atoms. The van der Waals surface area contributed by atoms with Gasteiger partial charge in [-0.2, -0.15) is 26.3 Å². The molecule has 0 saturated heterocycles. The number of alkyl halides is 6. The zero-order valence-electron chi connectivity index (χ0n) is 10.2. The van der Waals surface area contributed by atoms with E-state index in [2.05, 4.69) is 9.47 Å². The van der Waals surface area contributed by atoms with Gasteiger partial charge in [0.25, 0.3) is 0 Å². The maximum absolute atomic E-state index is 12.7. The lowest BCUT2D eigenvalue weighted by Crippen LogP contribution is -2.58. The Morgan fingerprint density at radius 1 is 1.05 bits per heavy atom. The normalized spacial score (nSPS) is 19.8. The van der Waals surface area contributed by atoms with E-state index in [1.807, 2.05) is 0 Å². The van der Waals surface area contributed by atoms with Crippen LogP contribution >= 0.6 is 0 Å². The van der Waals surface area contributed by atoms with E-state index in [-0.39, 0.29) is 6.42 Å². The summed E-state index contributed by atoms with van der Waals surface area (Å²) in [6, 6.07) is 0. The molecule has 2 nitrogen and oxygen atoms in total. The first-order valence-corrected chi connectivity index (χ1v) is 5.46. The Kier molecular flexibility index (Phi) is 4.11. The van der Waals surface area contributed by atoms with E-state index in [1.165, 1.54) is 13.0 Å². The molecule has 110 valence electrons. The summed E-state index contributed by atoms with van der Waals surface area (Å²) in [6.45, 7) is 3.05. The Morgan fingerprint density at radius 3 is 1.95 bits per heavy atom. The van der Waals surface area contributed by atoms with Crippen molar-refractivity contribution < 1.29 is 35.8 Å². The number of rotatable bonds is 3. The first-order chi connectivity index (χ1) is 8.59. The molecule has 8 heteroatoms. The van der Waals surface area contributed by atoms with E-state index in [9.17, 15) is 26.3 Å². The molecule has 0 aromatic heterocycles. The van der Waals surface area contributed by atoms with Gasteiger partial charge < -0.3 is 9.47 Å². The van der Waals surface area contributed by atoms with Gasteiger partial charge in [0.15, 0.2) is 5.76 Å². The summed E-state index contributed by atoms with van der Waals surface area (Å²) < 4.78 is 84.6. The highest BCUT2D eigenvalue weighted by atomic mass is 19.4. The molecule has 1 heterocycles. The number of halogens is 6. The lowest BCUT2D eigenvalue weighted by molar-refractivity contribution is -0.438. The van der Waals surface area contributed by atoms with Crippen LogP contribution in [0.15, 0.2) is 23.7 Å². The minimum atomic E-state index is -5.73. The van der Waals surface area contributed by atoms with Gasteiger partial charge in [0, 0.05) is 6.42 Å². The molecule has 19 heavy (non-hydrogen) atoms. The second kappa shape index (κ2) is 4.97. The van der Waals surface area contributed by atoms with Gasteiger partial charge in [-0.05, 0) is 19.4 Å². The van der Waals surface area contributed by atoms with Crippen LogP contribution in [0.2, 0.25) is 0 Å². The first-order valence-electron chi connectivity index (χ1n) is 5.46. The fraction of sp³-hybridized carbons (Fsp3) is 0.636. The van der Waals surface area contributed by atoms with Crippen LogP contribution in [0.1, 0.15) is 26.7 Å². The van der Waals surface area contributed by atoms with Crippen LogP contribution in [0.5, 0.6) is 0 Å². The zero-order chi connectivity index (χ0) is 14.9. The third-order valence-corrected chi connectivity index (χ3v) is 2.34. The Hall–Kier alpha value is -1.34. The minimum Gasteiger partial charge on any atom is -0.439 e. The van der Waals surface area contributed by atoms with Crippen LogP contribution in [0.25, 0.3) is 0 Å². The Balaban J connectivity index is 3.23. The summed E-state index contributed by atoms with van der Waals surface area (Å²) in [7, 11) is 0. The van der Waals surface area contributed by atoms with Crippen molar-refractivity contribution in [1.29, 1.82) is 0 Å². The second-order valence-electron chi connectivity index (χ2n) is 3.85. The van der Waals surface area contributed by atoms with Crippen LogP contribution in [0, 0.1) is 0 Å². The van der Waals surface area contributed by atoms with E-state index in [0.29, 0.717) is 6.42 Å². The molecule has 0 atom stereocenters. The molecule has 0 unspecified atom stereocenters. The third kappa shape index (κ3) is 2.66. The zero-order valence-corrected chi connectivity index (χ0v) is 10.2. The fourth-order valence-electron chi connectivity index (χ4n) is 1.53. The van der Waals surface area contributed by atoms with Gasteiger partial charge in [-0.15, -0.1) is 0 Å². The van der Waals surface area contributed by atoms with Crippen molar-refractivity contribution in [2.24, 2.45) is 0 Å². The van der Waals surface area contributed by atoms with Crippen molar-refractivity contribution in [3.05, 3.63) is 23.7 Å². The van der Waals surface area contributed by atoms with Crippen LogP contribution < -0.4 is 0 Å². The monoisotopic (exact) mass is 290 g/mol. The summed E-state index contributed by atoms with van der Waals surface area (Å²) >= 11 is 0. The molecule has 1 aliphatic rings. The number of hydrogen-bond acceptors (Lipinski definition) is 2. The van der Waals surface area contributed by atoms with Gasteiger partial charge in [-0.25, -0.2) is 0 Å². The highest BCUT2D eigenvalue weighted by Crippen LogP contribution is 2.53. The predicted molar refractivity (Wildman–Crippen MR) is 53.8 cm³/mol. The molecular weight excluding hydrogens is 278 g/mol. The molecule has 0 spiro atoms. The molecule has 0 amide bonds. The third-order valence-electron chi connectivity index (χ3n) is 2.34. The quantitative estimate of drug-likeness (QED) is 0.715. The molecule has 0 aromatic rings. The van der Waals surface area contributed by atoms with E-state index in [1.54, 1.807) is 6.92 Å².